The van der Waals surface area contributed by atoms with Crippen molar-refractivity contribution in [3.63, 3.8) is 0 Å². The largest absolute Gasteiger partial charge is 0.480 e. The van der Waals surface area contributed by atoms with Crippen molar-refractivity contribution in [3.8, 4) is 0 Å². The van der Waals surface area contributed by atoms with Gasteiger partial charge in [0.25, 0.3) is 0 Å². The number of carbonyl (C=O) groups excluding carboxylic acids is 2. The van der Waals surface area contributed by atoms with Gasteiger partial charge in [-0.25, -0.2) is 0 Å². The highest BCUT2D eigenvalue weighted by Gasteiger charge is 2.36. The van der Waals surface area contributed by atoms with Crippen LogP contribution in [0, 0.1) is 5.41 Å². The number of rotatable bonds is 8. The van der Waals surface area contributed by atoms with Crippen molar-refractivity contribution in [3.05, 3.63) is 102 Å². The van der Waals surface area contributed by atoms with Gasteiger partial charge >= 0.3 is 11.9 Å². The van der Waals surface area contributed by atoms with E-state index >= 15 is 0 Å². The molecule has 1 amide bonds. The maximum Gasteiger partial charge on any atom is 0.318 e. The Bertz CT molecular complexity index is 1040. The third kappa shape index (κ3) is 5.60. The van der Waals surface area contributed by atoms with Crippen molar-refractivity contribution in [2.75, 3.05) is 5.32 Å². The number of ether oxygens (including phenoxy) is 1. The molecule has 0 heterocycles. The zero-order chi connectivity index (χ0) is 23.1. The molecule has 32 heavy (non-hydrogen) atoms. The molecule has 6 nitrogen and oxygen atoms in total. The highest BCUT2D eigenvalue weighted by molar-refractivity contribution is 6.07. The smallest absolute Gasteiger partial charge is 0.318 e. The first-order chi connectivity index (χ1) is 15.3. The Morgan fingerprint density at radius 1 is 0.844 bits per heavy atom. The van der Waals surface area contributed by atoms with Crippen LogP contribution in [-0.4, -0.2) is 23.0 Å². The van der Waals surface area contributed by atoms with Crippen molar-refractivity contribution in [2.24, 2.45) is 5.41 Å². The summed E-state index contributed by atoms with van der Waals surface area (Å²) in [6.45, 7) is 2.68. The minimum Gasteiger partial charge on any atom is -0.480 e. The van der Waals surface area contributed by atoms with Gasteiger partial charge in [0.1, 0.15) is 5.41 Å². The number of esters is 1. The summed E-state index contributed by atoms with van der Waals surface area (Å²) in [5, 5.41) is 11.7. The molecule has 0 aromatic heterocycles. The Morgan fingerprint density at radius 2 is 1.34 bits per heavy atom. The minimum absolute atomic E-state index is 0.0605. The van der Waals surface area contributed by atoms with Crippen LogP contribution in [0.4, 0.5) is 5.69 Å². The van der Waals surface area contributed by atoms with Crippen molar-refractivity contribution < 1.29 is 24.2 Å². The van der Waals surface area contributed by atoms with E-state index in [-0.39, 0.29) is 12.4 Å². The highest BCUT2D eigenvalue weighted by Crippen LogP contribution is 2.26. The monoisotopic (exact) mass is 431 g/mol. The van der Waals surface area contributed by atoms with Gasteiger partial charge in [0.15, 0.2) is 6.10 Å². The standard InChI is InChI=1S/C26H25NO5/c1-26(2,25(30)31)24(29)27-21-15-13-18(14-16-21)17-22(28)32-23(19-9-5-3-6-10-19)20-11-7-4-8-12-20/h3-16,23H,17H2,1-2H3,(H,27,29)(H,30,31). The van der Waals surface area contributed by atoms with E-state index in [1.165, 1.54) is 13.8 Å². The number of amides is 1. The number of hydrogen-bond acceptors (Lipinski definition) is 4. The van der Waals surface area contributed by atoms with E-state index < -0.39 is 23.4 Å². The van der Waals surface area contributed by atoms with Gasteiger partial charge in [0, 0.05) is 5.69 Å². The molecule has 0 aliphatic rings. The molecular formula is C26H25NO5. The van der Waals surface area contributed by atoms with E-state index in [9.17, 15) is 14.4 Å². The summed E-state index contributed by atoms with van der Waals surface area (Å²) < 4.78 is 5.82. The number of carboxylic acids is 1. The van der Waals surface area contributed by atoms with Crippen LogP contribution in [-0.2, 0) is 25.5 Å². The summed E-state index contributed by atoms with van der Waals surface area (Å²) in [7, 11) is 0. The van der Waals surface area contributed by atoms with Gasteiger partial charge in [0.05, 0.1) is 6.42 Å². The second kappa shape index (κ2) is 9.92. The zero-order valence-corrected chi connectivity index (χ0v) is 17.9. The minimum atomic E-state index is -1.55. The van der Waals surface area contributed by atoms with E-state index in [1.807, 2.05) is 60.7 Å². The third-order valence-electron chi connectivity index (χ3n) is 5.12. The van der Waals surface area contributed by atoms with Crippen LogP contribution >= 0.6 is 0 Å². The fraction of sp³-hybridized carbons (Fsp3) is 0.192. The molecular weight excluding hydrogens is 406 g/mol. The highest BCUT2D eigenvalue weighted by atomic mass is 16.5. The van der Waals surface area contributed by atoms with Crippen LogP contribution in [0.2, 0.25) is 0 Å². The predicted octanol–water partition coefficient (Wildman–Crippen LogP) is 4.61. The van der Waals surface area contributed by atoms with Gasteiger partial charge in [-0.3, -0.25) is 14.4 Å². The van der Waals surface area contributed by atoms with Crippen LogP contribution in [0.1, 0.15) is 36.6 Å². The zero-order valence-electron chi connectivity index (χ0n) is 17.9. The molecule has 0 saturated carbocycles. The SMILES string of the molecule is CC(C)(C(=O)O)C(=O)Nc1ccc(CC(=O)OC(c2ccccc2)c2ccccc2)cc1. The van der Waals surface area contributed by atoms with E-state index in [0.717, 1.165) is 11.1 Å². The average molecular weight is 431 g/mol. The number of aliphatic carboxylic acids is 1. The van der Waals surface area contributed by atoms with Crippen molar-refractivity contribution >= 4 is 23.5 Å². The fourth-order valence-corrected chi connectivity index (χ4v) is 3.01. The van der Waals surface area contributed by atoms with Crippen molar-refractivity contribution in [1.29, 1.82) is 0 Å². The first-order valence-electron chi connectivity index (χ1n) is 10.2. The number of anilines is 1. The second-order valence-corrected chi connectivity index (χ2v) is 7.95. The van der Waals surface area contributed by atoms with Crippen molar-refractivity contribution in [1.82, 2.24) is 0 Å². The Kier molecular flexibility index (Phi) is 7.05. The summed E-state index contributed by atoms with van der Waals surface area (Å²) in [6.07, 6.45) is -0.452. The molecule has 2 N–H and O–H groups in total. The molecule has 164 valence electrons. The Labute approximate surface area is 186 Å². The number of carbonyl (C=O) groups is 3. The summed E-state index contributed by atoms with van der Waals surface area (Å²) >= 11 is 0. The van der Waals surface area contributed by atoms with E-state index in [0.29, 0.717) is 11.3 Å². The van der Waals surface area contributed by atoms with Crippen molar-refractivity contribution in [2.45, 2.75) is 26.4 Å². The molecule has 0 atom stereocenters. The third-order valence-corrected chi connectivity index (χ3v) is 5.12. The first kappa shape index (κ1) is 22.7. The molecule has 0 fully saturated rings. The van der Waals surface area contributed by atoms with Crippen LogP contribution in [0.25, 0.3) is 0 Å². The summed E-state index contributed by atoms with van der Waals surface area (Å²) in [6, 6.07) is 25.7. The van der Waals surface area contributed by atoms with Gasteiger partial charge in [-0.15, -0.1) is 0 Å². The lowest BCUT2D eigenvalue weighted by Gasteiger charge is -2.19. The maximum absolute atomic E-state index is 12.7. The number of carboxylic acid groups (broad SMARTS) is 1. The van der Waals surface area contributed by atoms with Crippen LogP contribution in [0.3, 0.4) is 0 Å². The first-order valence-corrected chi connectivity index (χ1v) is 10.2. The molecule has 6 heteroatoms. The fourth-order valence-electron chi connectivity index (χ4n) is 3.01. The molecule has 3 aromatic rings. The molecule has 0 aliphatic carbocycles. The van der Waals surface area contributed by atoms with Gasteiger partial charge < -0.3 is 15.2 Å². The molecule has 0 bridgehead atoms. The van der Waals surface area contributed by atoms with Gasteiger partial charge in [-0.05, 0) is 42.7 Å². The van der Waals surface area contributed by atoms with Crippen LogP contribution in [0.15, 0.2) is 84.9 Å². The van der Waals surface area contributed by atoms with Crippen LogP contribution < -0.4 is 5.32 Å². The molecule has 3 aromatic carbocycles. The molecule has 0 spiro atoms. The van der Waals surface area contributed by atoms with E-state index in [1.54, 1.807) is 24.3 Å². The molecule has 0 unspecified atom stereocenters. The number of nitrogens with one attached hydrogen (secondary N) is 1. The normalized spacial score (nSPS) is 11.1. The second-order valence-electron chi connectivity index (χ2n) is 7.95. The van der Waals surface area contributed by atoms with E-state index in [2.05, 4.69) is 5.32 Å². The topological polar surface area (TPSA) is 92.7 Å². The molecule has 0 radical (unpaired) electrons. The quantitative estimate of drug-likeness (QED) is 0.401. The summed E-state index contributed by atoms with van der Waals surface area (Å²) in [5.41, 5.74) is 1.38. The summed E-state index contributed by atoms with van der Waals surface area (Å²) in [4.78, 5) is 36.1. The van der Waals surface area contributed by atoms with E-state index in [4.69, 9.17) is 9.84 Å². The van der Waals surface area contributed by atoms with Gasteiger partial charge in [-0.2, -0.15) is 0 Å². The maximum atomic E-state index is 12.7. The Morgan fingerprint density at radius 3 is 1.81 bits per heavy atom. The van der Waals surface area contributed by atoms with Gasteiger partial charge in [0.2, 0.25) is 5.91 Å². The van der Waals surface area contributed by atoms with Gasteiger partial charge in [-0.1, -0.05) is 72.8 Å². The lowest BCUT2D eigenvalue weighted by molar-refractivity contribution is -0.151. The lowest BCUT2D eigenvalue weighted by Crippen LogP contribution is -2.37. The number of benzene rings is 3. The number of hydrogen-bond donors (Lipinski definition) is 2. The molecule has 3 rings (SSSR count). The Hall–Kier alpha value is -3.93. The lowest BCUT2D eigenvalue weighted by atomic mass is 9.92. The predicted molar refractivity (Wildman–Crippen MR) is 121 cm³/mol. The Balaban J connectivity index is 1.67. The summed E-state index contributed by atoms with van der Waals surface area (Å²) in [5.74, 6) is -2.21. The molecule has 0 aliphatic heterocycles. The average Bonchev–Trinajstić information content (AvgIpc) is 2.79. The van der Waals surface area contributed by atoms with Crippen LogP contribution in [0.5, 0.6) is 0 Å². The molecule has 0 saturated heterocycles.